The number of carbonyl (C=O) groups excluding carboxylic acids is 1. The van der Waals surface area contributed by atoms with Crippen molar-refractivity contribution >= 4 is 23.2 Å². The maximum absolute atomic E-state index is 13.4. The van der Waals surface area contributed by atoms with Crippen LogP contribution in [0.2, 0.25) is 5.02 Å². The molecule has 6 heteroatoms. The molecule has 110 valence electrons. The van der Waals surface area contributed by atoms with Crippen molar-refractivity contribution < 1.29 is 13.9 Å². The van der Waals surface area contributed by atoms with E-state index in [1.54, 1.807) is 30.3 Å². The monoisotopic (exact) mass is 308 g/mol. The van der Waals surface area contributed by atoms with Gasteiger partial charge in [0.15, 0.2) is 6.61 Å². The van der Waals surface area contributed by atoms with E-state index >= 15 is 0 Å². The van der Waals surface area contributed by atoms with Crippen molar-refractivity contribution in [1.29, 1.82) is 0 Å². The fraction of sp³-hybridized carbons (Fsp3) is 0.133. The SMILES string of the molecule is NCc1ccc(OCC(=O)Nc2ccccc2F)cc1Cl. The Morgan fingerprint density at radius 2 is 2.05 bits per heavy atom. The van der Waals surface area contributed by atoms with E-state index in [1.165, 1.54) is 12.1 Å². The van der Waals surface area contributed by atoms with Crippen LogP contribution in [0.15, 0.2) is 42.5 Å². The number of para-hydroxylation sites is 1. The van der Waals surface area contributed by atoms with Gasteiger partial charge in [-0.15, -0.1) is 0 Å². The van der Waals surface area contributed by atoms with Crippen molar-refractivity contribution in [3.8, 4) is 5.75 Å². The van der Waals surface area contributed by atoms with E-state index in [4.69, 9.17) is 22.1 Å². The third-order valence-electron chi connectivity index (χ3n) is 2.76. The second-order valence-corrected chi connectivity index (χ2v) is 4.68. The van der Waals surface area contributed by atoms with Crippen molar-refractivity contribution in [2.24, 2.45) is 5.73 Å². The third-order valence-corrected chi connectivity index (χ3v) is 3.11. The third kappa shape index (κ3) is 4.18. The largest absolute Gasteiger partial charge is 0.484 e. The molecule has 0 heterocycles. The first-order chi connectivity index (χ1) is 10.1. The molecule has 2 aromatic rings. The van der Waals surface area contributed by atoms with Crippen molar-refractivity contribution in [1.82, 2.24) is 0 Å². The summed E-state index contributed by atoms with van der Waals surface area (Å²) in [5.74, 6) is -0.513. The second kappa shape index (κ2) is 7.06. The first-order valence-electron chi connectivity index (χ1n) is 6.26. The molecule has 0 aliphatic heterocycles. The van der Waals surface area contributed by atoms with Gasteiger partial charge in [-0.1, -0.05) is 29.8 Å². The molecule has 4 nitrogen and oxygen atoms in total. The van der Waals surface area contributed by atoms with Gasteiger partial charge in [0, 0.05) is 11.6 Å². The molecular formula is C15H14ClFN2O2. The van der Waals surface area contributed by atoms with Crippen molar-refractivity contribution in [2.75, 3.05) is 11.9 Å². The molecule has 0 bridgehead atoms. The summed E-state index contributed by atoms with van der Waals surface area (Å²) in [6.45, 7) is 0.0829. The normalized spacial score (nSPS) is 10.2. The minimum absolute atomic E-state index is 0.114. The molecule has 0 atom stereocenters. The van der Waals surface area contributed by atoms with Crippen LogP contribution < -0.4 is 15.8 Å². The number of hydrogen-bond donors (Lipinski definition) is 2. The molecule has 0 saturated carbocycles. The van der Waals surface area contributed by atoms with Crippen LogP contribution in [0.3, 0.4) is 0 Å². The number of nitrogens with one attached hydrogen (secondary N) is 1. The number of rotatable bonds is 5. The Kier molecular flexibility index (Phi) is 5.14. The predicted octanol–water partition coefficient (Wildman–Crippen LogP) is 2.96. The molecule has 21 heavy (non-hydrogen) atoms. The lowest BCUT2D eigenvalue weighted by molar-refractivity contribution is -0.118. The number of benzene rings is 2. The zero-order chi connectivity index (χ0) is 15.2. The van der Waals surface area contributed by atoms with Crippen molar-refractivity contribution in [3.63, 3.8) is 0 Å². The van der Waals surface area contributed by atoms with Crippen LogP contribution >= 0.6 is 11.6 Å². The van der Waals surface area contributed by atoms with Crippen LogP contribution in [0.25, 0.3) is 0 Å². The van der Waals surface area contributed by atoms with E-state index in [0.717, 1.165) is 5.56 Å². The van der Waals surface area contributed by atoms with Gasteiger partial charge in [0.05, 0.1) is 5.69 Å². The van der Waals surface area contributed by atoms with Gasteiger partial charge in [0.2, 0.25) is 0 Å². The molecule has 0 spiro atoms. The molecular weight excluding hydrogens is 295 g/mol. The molecule has 2 aromatic carbocycles. The van der Waals surface area contributed by atoms with E-state index in [-0.39, 0.29) is 12.3 Å². The van der Waals surface area contributed by atoms with E-state index in [9.17, 15) is 9.18 Å². The zero-order valence-corrected chi connectivity index (χ0v) is 11.9. The highest BCUT2D eigenvalue weighted by Gasteiger charge is 2.08. The lowest BCUT2D eigenvalue weighted by Gasteiger charge is -2.09. The Labute approximate surface area is 126 Å². The van der Waals surface area contributed by atoms with Crippen molar-refractivity contribution in [2.45, 2.75) is 6.54 Å². The number of nitrogens with two attached hydrogens (primary N) is 1. The molecule has 0 radical (unpaired) electrons. The predicted molar refractivity (Wildman–Crippen MR) is 79.9 cm³/mol. The minimum Gasteiger partial charge on any atom is -0.484 e. The summed E-state index contributed by atoms with van der Waals surface area (Å²) in [7, 11) is 0. The first kappa shape index (κ1) is 15.3. The smallest absolute Gasteiger partial charge is 0.262 e. The number of hydrogen-bond acceptors (Lipinski definition) is 3. The average Bonchev–Trinajstić information content (AvgIpc) is 2.48. The standard InChI is InChI=1S/C15H14ClFN2O2/c16-12-7-11(6-5-10(12)8-18)21-9-15(20)19-14-4-2-1-3-13(14)17/h1-7H,8-9,18H2,(H,19,20). The summed E-state index contributed by atoms with van der Waals surface area (Å²) >= 11 is 5.99. The molecule has 1 amide bonds. The number of carbonyl (C=O) groups is 1. The van der Waals surface area contributed by atoms with Crippen LogP contribution in [0.4, 0.5) is 10.1 Å². The Balaban J connectivity index is 1.92. The Morgan fingerprint density at radius 3 is 2.71 bits per heavy atom. The highest BCUT2D eigenvalue weighted by molar-refractivity contribution is 6.31. The molecule has 0 fully saturated rings. The minimum atomic E-state index is -0.499. The van der Waals surface area contributed by atoms with Gasteiger partial charge < -0.3 is 15.8 Å². The second-order valence-electron chi connectivity index (χ2n) is 4.27. The number of ether oxygens (including phenoxy) is 1. The van der Waals surface area contributed by atoms with E-state index in [0.29, 0.717) is 17.3 Å². The van der Waals surface area contributed by atoms with Gasteiger partial charge in [-0.2, -0.15) is 0 Å². The van der Waals surface area contributed by atoms with Crippen LogP contribution in [0.1, 0.15) is 5.56 Å². The fourth-order valence-corrected chi connectivity index (χ4v) is 1.93. The van der Waals surface area contributed by atoms with Crippen LogP contribution in [0, 0.1) is 5.82 Å². The quantitative estimate of drug-likeness (QED) is 0.892. The Morgan fingerprint density at radius 1 is 1.29 bits per heavy atom. The zero-order valence-electron chi connectivity index (χ0n) is 11.1. The number of halogens is 2. The fourth-order valence-electron chi connectivity index (χ4n) is 1.68. The number of anilines is 1. The number of amides is 1. The van der Waals surface area contributed by atoms with Crippen LogP contribution in [0.5, 0.6) is 5.75 Å². The van der Waals surface area contributed by atoms with Gasteiger partial charge in [-0.25, -0.2) is 4.39 Å². The summed E-state index contributed by atoms with van der Waals surface area (Å²) in [5.41, 5.74) is 6.40. The summed E-state index contributed by atoms with van der Waals surface area (Å²) < 4.78 is 18.7. The van der Waals surface area contributed by atoms with Crippen molar-refractivity contribution in [3.05, 3.63) is 58.9 Å². The Bertz CT molecular complexity index is 649. The van der Waals surface area contributed by atoms with Gasteiger partial charge in [0.25, 0.3) is 5.91 Å². The lowest BCUT2D eigenvalue weighted by atomic mass is 10.2. The average molecular weight is 309 g/mol. The van der Waals surface area contributed by atoms with E-state index in [2.05, 4.69) is 5.32 Å². The lowest BCUT2D eigenvalue weighted by Crippen LogP contribution is -2.20. The Hall–Kier alpha value is -2.11. The topological polar surface area (TPSA) is 64.3 Å². The summed E-state index contributed by atoms with van der Waals surface area (Å²) in [6, 6.07) is 10.9. The van der Waals surface area contributed by atoms with E-state index in [1.807, 2.05) is 0 Å². The summed E-state index contributed by atoms with van der Waals surface area (Å²) in [4.78, 5) is 11.7. The first-order valence-corrected chi connectivity index (χ1v) is 6.63. The van der Waals surface area contributed by atoms with Gasteiger partial charge in [-0.05, 0) is 29.8 Å². The highest BCUT2D eigenvalue weighted by atomic mass is 35.5. The molecule has 3 N–H and O–H groups in total. The molecule has 0 aliphatic rings. The molecule has 0 saturated heterocycles. The van der Waals surface area contributed by atoms with Crippen LogP contribution in [-0.2, 0) is 11.3 Å². The highest BCUT2D eigenvalue weighted by Crippen LogP contribution is 2.22. The van der Waals surface area contributed by atoms with Gasteiger partial charge >= 0.3 is 0 Å². The van der Waals surface area contributed by atoms with Gasteiger partial charge in [-0.3, -0.25) is 4.79 Å². The van der Waals surface area contributed by atoms with Crippen LogP contribution in [-0.4, -0.2) is 12.5 Å². The maximum Gasteiger partial charge on any atom is 0.262 e. The van der Waals surface area contributed by atoms with E-state index < -0.39 is 11.7 Å². The van der Waals surface area contributed by atoms with Gasteiger partial charge in [0.1, 0.15) is 11.6 Å². The molecule has 0 unspecified atom stereocenters. The molecule has 2 rings (SSSR count). The molecule has 0 aliphatic carbocycles. The summed E-state index contributed by atoms with van der Waals surface area (Å²) in [6.07, 6.45) is 0. The molecule has 0 aromatic heterocycles. The summed E-state index contributed by atoms with van der Waals surface area (Å²) in [5, 5.41) is 2.90. The maximum atomic E-state index is 13.4.